The van der Waals surface area contributed by atoms with Gasteiger partial charge in [0.05, 0.1) is 6.10 Å². The van der Waals surface area contributed by atoms with Gasteiger partial charge in [-0.25, -0.2) is 0 Å². The second-order valence-corrected chi connectivity index (χ2v) is 5.49. The molecular formula is C18H21NO. The van der Waals surface area contributed by atoms with E-state index in [4.69, 9.17) is 0 Å². The van der Waals surface area contributed by atoms with Crippen LogP contribution in [0.2, 0.25) is 0 Å². The lowest BCUT2D eigenvalue weighted by molar-refractivity contribution is 0.119. The molecule has 3 rings (SSSR count). The van der Waals surface area contributed by atoms with E-state index in [1.165, 1.54) is 11.1 Å². The van der Waals surface area contributed by atoms with E-state index < -0.39 is 0 Å². The van der Waals surface area contributed by atoms with Crippen molar-refractivity contribution >= 4 is 0 Å². The second kappa shape index (κ2) is 6.21. The summed E-state index contributed by atoms with van der Waals surface area (Å²) in [6, 6.07) is 20.8. The fourth-order valence-electron chi connectivity index (χ4n) is 3.14. The molecule has 0 amide bonds. The minimum absolute atomic E-state index is 0.0352. The van der Waals surface area contributed by atoms with Crippen LogP contribution >= 0.6 is 0 Å². The first-order valence-corrected chi connectivity index (χ1v) is 7.37. The zero-order chi connectivity index (χ0) is 13.8. The highest BCUT2D eigenvalue weighted by molar-refractivity contribution is 5.34. The highest BCUT2D eigenvalue weighted by Crippen LogP contribution is 2.31. The van der Waals surface area contributed by atoms with Crippen molar-refractivity contribution in [3.63, 3.8) is 0 Å². The quantitative estimate of drug-likeness (QED) is 0.892. The maximum absolute atomic E-state index is 10.9. The smallest absolute Gasteiger partial charge is 0.0802 e. The fraction of sp³-hybridized carbons (Fsp3) is 0.333. The molecule has 0 unspecified atom stereocenters. The maximum Gasteiger partial charge on any atom is 0.0802 e. The van der Waals surface area contributed by atoms with Crippen LogP contribution in [0.1, 0.15) is 29.9 Å². The molecule has 2 heteroatoms. The van der Waals surface area contributed by atoms with Crippen LogP contribution in [-0.2, 0) is 0 Å². The van der Waals surface area contributed by atoms with Gasteiger partial charge in [-0.05, 0) is 30.5 Å². The first-order chi connectivity index (χ1) is 9.86. The van der Waals surface area contributed by atoms with Crippen molar-refractivity contribution in [2.75, 3.05) is 6.54 Å². The van der Waals surface area contributed by atoms with Crippen LogP contribution in [0.4, 0.5) is 0 Å². The number of rotatable bonds is 4. The van der Waals surface area contributed by atoms with E-state index in [2.05, 4.69) is 29.6 Å². The molecule has 1 saturated heterocycles. The molecule has 0 saturated carbocycles. The van der Waals surface area contributed by atoms with Crippen LogP contribution in [-0.4, -0.2) is 23.8 Å². The van der Waals surface area contributed by atoms with E-state index in [9.17, 15) is 5.11 Å². The third-order valence-electron chi connectivity index (χ3n) is 4.17. The van der Waals surface area contributed by atoms with Crippen LogP contribution in [0.25, 0.3) is 0 Å². The van der Waals surface area contributed by atoms with E-state index >= 15 is 0 Å². The minimum atomic E-state index is -0.387. The van der Waals surface area contributed by atoms with Gasteiger partial charge < -0.3 is 10.4 Å². The van der Waals surface area contributed by atoms with Gasteiger partial charge >= 0.3 is 0 Å². The zero-order valence-corrected chi connectivity index (χ0v) is 11.6. The molecule has 20 heavy (non-hydrogen) atoms. The van der Waals surface area contributed by atoms with Gasteiger partial charge in [0, 0.05) is 12.0 Å². The lowest BCUT2D eigenvalue weighted by Gasteiger charge is -2.28. The molecule has 1 aliphatic rings. The molecule has 2 nitrogen and oxygen atoms in total. The minimum Gasteiger partial charge on any atom is -0.391 e. The standard InChI is InChI=1S/C18H21NO/c20-18(16-12-7-13-19-16)17(14-8-3-1-4-9-14)15-10-5-2-6-11-15/h1-6,8-11,16-20H,7,12-13H2/t16-,18+/m1/s1. The molecule has 1 heterocycles. The number of nitrogens with one attached hydrogen (secondary N) is 1. The Balaban J connectivity index is 1.95. The van der Waals surface area contributed by atoms with Crippen molar-refractivity contribution in [3.8, 4) is 0 Å². The molecule has 2 aromatic rings. The van der Waals surface area contributed by atoms with Gasteiger partial charge in [0.2, 0.25) is 0 Å². The number of hydrogen-bond donors (Lipinski definition) is 2. The molecule has 0 spiro atoms. The van der Waals surface area contributed by atoms with Crippen LogP contribution < -0.4 is 5.32 Å². The Morgan fingerprint density at radius 2 is 1.45 bits per heavy atom. The summed E-state index contributed by atoms with van der Waals surface area (Å²) in [6.45, 7) is 1.01. The van der Waals surface area contributed by atoms with Gasteiger partial charge in [0.1, 0.15) is 0 Å². The molecule has 1 fully saturated rings. The summed E-state index contributed by atoms with van der Waals surface area (Å²) in [5.74, 6) is 0.0352. The van der Waals surface area contributed by atoms with Crippen LogP contribution in [0.15, 0.2) is 60.7 Å². The van der Waals surface area contributed by atoms with Crippen molar-refractivity contribution in [2.45, 2.75) is 30.9 Å². The molecule has 1 aliphatic heterocycles. The third-order valence-corrected chi connectivity index (χ3v) is 4.17. The molecule has 0 radical (unpaired) electrons. The van der Waals surface area contributed by atoms with Gasteiger partial charge in [-0.2, -0.15) is 0 Å². The topological polar surface area (TPSA) is 32.3 Å². The number of hydrogen-bond acceptors (Lipinski definition) is 2. The third kappa shape index (κ3) is 2.77. The summed E-state index contributed by atoms with van der Waals surface area (Å²) in [5.41, 5.74) is 2.36. The van der Waals surface area contributed by atoms with Gasteiger partial charge in [-0.3, -0.25) is 0 Å². The fourth-order valence-corrected chi connectivity index (χ4v) is 3.14. The molecule has 0 aromatic heterocycles. The Hall–Kier alpha value is -1.64. The van der Waals surface area contributed by atoms with Gasteiger partial charge in [0.15, 0.2) is 0 Å². The Morgan fingerprint density at radius 3 is 1.90 bits per heavy atom. The molecule has 2 N–H and O–H groups in total. The Labute approximate surface area is 120 Å². The summed E-state index contributed by atoms with van der Waals surface area (Å²) in [7, 11) is 0. The van der Waals surface area contributed by atoms with Crippen molar-refractivity contribution in [3.05, 3.63) is 71.8 Å². The molecule has 104 valence electrons. The predicted molar refractivity (Wildman–Crippen MR) is 81.8 cm³/mol. The average Bonchev–Trinajstić information content (AvgIpc) is 3.04. The largest absolute Gasteiger partial charge is 0.391 e. The number of aliphatic hydroxyl groups excluding tert-OH is 1. The normalized spacial score (nSPS) is 20.2. The predicted octanol–water partition coefficient (Wildman–Crippen LogP) is 2.93. The number of aliphatic hydroxyl groups is 1. The Kier molecular flexibility index (Phi) is 4.14. The van der Waals surface area contributed by atoms with Gasteiger partial charge in [-0.1, -0.05) is 60.7 Å². The first-order valence-electron chi connectivity index (χ1n) is 7.37. The van der Waals surface area contributed by atoms with Crippen molar-refractivity contribution in [1.29, 1.82) is 0 Å². The highest BCUT2D eigenvalue weighted by atomic mass is 16.3. The lowest BCUT2D eigenvalue weighted by Crippen LogP contribution is -2.39. The summed E-state index contributed by atoms with van der Waals surface area (Å²) in [5, 5.41) is 14.3. The van der Waals surface area contributed by atoms with Crippen molar-refractivity contribution in [2.24, 2.45) is 0 Å². The first kappa shape index (κ1) is 13.3. The van der Waals surface area contributed by atoms with E-state index in [1.54, 1.807) is 0 Å². The van der Waals surface area contributed by atoms with Crippen molar-refractivity contribution in [1.82, 2.24) is 5.32 Å². The Morgan fingerprint density at radius 1 is 0.900 bits per heavy atom. The second-order valence-electron chi connectivity index (χ2n) is 5.49. The summed E-state index contributed by atoms with van der Waals surface area (Å²) >= 11 is 0. The van der Waals surface area contributed by atoms with E-state index in [-0.39, 0.29) is 18.1 Å². The van der Waals surface area contributed by atoms with Crippen LogP contribution in [0, 0.1) is 0 Å². The Bertz CT molecular complexity index is 480. The van der Waals surface area contributed by atoms with E-state index in [0.29, 0.717) is 0 Å². The molecule has 0 bridgehead atoms. The van der Waals surface area contributed by atoms with Crippen LogP contribution in [0.5, 0.6) is 0 Å². The lowest BCUT2D eigenvalue weighted by atomic mass is 9.83. The number of benzene rings is 2. The van der Waals surface area contributed by atoms with Gasteiger partial charge in [0.25, 0.3) is 0 Å². The van der Waals surface area contributed by atoms with Crippen LogP contribution in [0.3, 0.4) is 0 Å². The van der Waals surface area contributed by atoms with E-state index in [1.807, 2.05) is 36.4 Å². The monoisotopic (exact) mass is 267 g/mol. The molecule has 0 aliphatic carbocycles. The average molecular weight is 267 g/mol. The zero-order valence-electron chi connectivity index (χ0n) is 11.6. The summed E-state index contributed by atoms with van der Waals surface area (Å²) < 4.78 is 0. The molecule has 2 atom stereocenters. The molecule has 2 aromatic carbocycles. The van der Waals surface area contributed by atoms with Crippen molar-refractivity contribution < 1.29 is 5.11 Å². The summed E-state index contributed by atoms with van der Waals surface area (Å²) in [4.78, 5) is 0. The van der Waals surface area contributed by atoms with Gasteiger partial charge in [-0.15, -0.1) is 0 Å². The summed E-state index contributed by atoms with van der Waals surface area (Å²) in [6.07, 6.45) is 1.82. The molecular weight excluding hydrogens is 246 g/mol. The maximum atomic E-state index is 10.9. The van der Waals surface area contributed by atoms with E-state index in [0.717, 1.165) is 19.4 Å². The SMILES string of the molecule is O[C@H](C(c1ccccc1)c1ccccc1)[C@H]1CCCN1. The highest BCUT2D eigenvalue weighted by Gasteiger charge is 2.31.